The van der Waals surface area contributed by atoms with E-state index in [1.165, 1.54) is 6.92 Å². The van der Waals surface area contributed by atoms with E-state index in [1.54, 1.807) is 6.07 Å². The molecule has 0 saturated carbocycles. The van der Waals surface area contributed by atoms with Crippen LogP contribution in [0.5, 0.6) is 0 Å². The highest BCUT2D eigenvalue weighted by Crippen LogP contribution is 2.32. The second-order valence-corrected chi connectivity index (χ2v) is 5.46. The average molecular weight is 260 g/mol. The highest BCUT2D eigenvalue weighted by Gasteiger charge is 2.17. The largest absolute Gasteiger partial charge is 0.274 e. The summed E-state index contributed by atoms with van der Waals surface area (Å²) in [4.78, 5) is 11.1. The summed E-state index contributed by atoms with van der Waals surface area (Å²) in [7, 11) is 0. The molecular formula is C12H15Cl2NO. The zero-order valence-electron chi connectivity index (χ0n) is 9.84. The van der Waals surface area contributed by atoms with Crippen LogP contribution in [0.1, 0.15) is 33.3 Å². The molecule has 0 aliphatic carbocycles. The zero-order chi connectivity index (χ0) is 12.5. The molecule has 0 saturated heterocycles. The van der Waals surface area contributed by atoms with Gasteiger partial charge in [0.1, 0.15) is 0 Å². The van der Waals surface area contributed by atoms with Crippen LogP contribution in [0.3, 0.4) is 0 Å². The molecule has 0 spiro atoms. The van der Waals surface area contributed by atoms with Gasteiger partial charge in [-0.15, -0.1) is 0 Å². The molecule has 1 rings (SSSR count). The third kappa shape index (κ3) is 2.89. The smallest absolute Gasteiger partial charge is 0.238 e. The lowest BCUT2D eigenvalue weighted by Gasteiger charge is -2.21. The molecule has 0 aliphatic rings. The van der Waals surface area contributed by atoms with Crippen molar-refractivity contribution >= 4 is 35.0 Å². The number of carbonyl (C=O) groups excluding carboxylic acids is 1. The van der Waals surface area contributed by atoms with Crippen molar-refractivity contribution in [3.8, 4) is 0 Å². The van der Waals surface area contributed by atoms with Crippen LogP contribution in [0.15, 0.2) is 18.2 Å². The molecule has 4 heteroatoms. The number of amides is 1. The number of halogens is 2. The van der Waals surface area contributed by atoms with Crippen LogP contribution in [-0.4, -0.2) is 5.91 Å². The minimum absolute atomic E-state index is 0.0233. The molecule has 0 atom stereocenters. The second kappa shape index (κ2) is 4.64. The van der Waals surface area contributed by atoms with Crippen molar-refractivity contribution in [2.75, 3.05) is 4.42 Å². The summed E-state index contributed by atoms with van der Waals surface area (Å²) in [6.07, 6.45) is 0. The Morgan fingerprint density at radius 3 is 2.25 bits per heavy atom. The predicted molar refractivity (Wildman–Crippen MR) is 69.2 cm³/mol. The predicted octanol–water partition coefficient (Wildman–Crippen LogP) is 4.14. The van der Waals surface area contributed by atoms with Crippen molar-refractivity contribution in [2.45, 2.75) is 33.1 Å². The van der Waals surface area contributed by atoms with Gasteiger partial charge in [0.25, 0.3) is 0 Å². The van der Waals surface area contributed by atoms with Crippen molar-refractivity contribution < 1.29 is 4.79 Å². The minimum atomic E-state index is -0.257. The summed E-state index contributed by atoms with van der Waals surface area (Å²) >= 11 is 11.9. The lowest BCUT2D eigenvalue weighted by molar-refractivity contribution is -0.115. The SMILES string of the molecule is CC(=O)N(Cl)c1ccc(C(C)(C)C)cc1Cl. The van der Waals surface area contributed by atoms with Gasteiger partial charge in [-0.3, -0.25) is 4.79 Å². The molecule has 0 heterocycles. The van der Waals surface area contributed by atoms with E-state index < -0.39 is 0 Å². The summed E-state index contributed by atoms with van der Waals surface area (Å²) < 4.78 is 1.02. The number of anilines is 1. The molecule has 16 heavy (non-hydrogen) atoms. The first-order valence-electron chi connectivity index (χ1n) is 5.00. The molecule has 0 N–H and O–H groups in total. The first kappa shape index (κ1) is 13.3. The Morgan fingerprint density at radius 1 is 1.31 bits per heavy atom. The highest BCUT2D eigenvalue weighted by atomic mass is 35.5. The van der Waals surface area contributed by atoms with Crippen LogP contribution in [0.2, 0.25) is 5.02 Å². The zero-order valence-corrected chi connectivity index (χ0v) is 11.4. The molecule has 2 nitrogen and oxygen atoms in total. The van der Waals surface area contributed by atoms with Crippen LogP contribution in [0.25, 0.3) is 0 Å². The van der Waals surface area contributed by atoms with Gasteiger partial charge in [-0.05, 0) is 23.1 Å². The average Bonchev–Trinajstić information content (AvgIpc) is 2.15. The molecule has 1 aromatic carbocycles. The Kier molecular flexibility index (Phi) is 3.87. The number of hydrogen-bond donors (Lipinski definition) is 0. The van der Waals surface area contributed by atoms with Gasteiger partial charge < -0.3 is 0 Å². The fourth-order valence-corrected chi connectivity index (χ4v) is 1.76. The van der Waals surface area contributed by atoms with Crippen LogP contribution in [0.4, 0.5) is 5.69 Å². The van der Waals surface area contributed by atoms with Crippen molar-refractivity contribution in [1.82, 2.24) is 0 Å². The Bertz CT molecular complexity index is 410. The van der Waals surface area contributed by atoms with Crippen molar-refractivity contribution in [1.29, 1.82) is 0 Å². The van der Waals surface area contributed by atoms with Gasteiger partial charge >= 0.3 is 0 Å². The maximum absolute atomic E-state index is 11.1. The monoisotopic (exact) mass is 259 g/mol. The quantitative estimate of drug-likeness (QED) is 0.695. The van der Waals surface area contributed by atoms with Gasteiger partial charge in [-0.2, -0.15) is 0 Å². The Balaban J connectivity index is 3.15. The van der Waals surface area contributed by atoms with E-state index in [-0.39, 0.29) is 11.3 Å². The van der Waals surface area contributed by atoms with E-state index in [2.05, 4.69) is 20.8 Å². The first-order chi connectivity index (χ1) is 7.23. The van der Waals surface area contributed by atoms with Gasteiger partial charge in [0.05, 0.1) is 10.7 Å². The number of hydrogen-bond acceptors (Lipinski definition) is 1. The summed E-state index contributed by atoms with van der Waals surface area (Å²) in [5.74, 6) is -0.257. The minimum Gasteiger partial charge on any atom is -0.274 e. The van der Waals surface area contributed by atoms with Crippen LogP contribution < -0.4 is 4.42 Å². The molecule has 0 fully saturated rings. The fourth-order valence-electron chi connectivity index (χ4n) is 1.30. The number of nitrogens with zero attached hydrogens (tertiary/aromatic N) is 1. The molecule has 1 aromatic rings. The van der Waals surface area contributed by atoms with Crippen LogP contribution in [0, 0.1) is 0 Å². The lowest BCUT2D eigenvalue weighted by Crippen LogP contribution is -2.17. The maximum atomic E-state index is 11.1. The molecular weight excluding hydrogens is 245 g/mol. The Hall–Kier alpha value is -0.730. The lowest BCUT2D eigenvalue weighted by atomic mass is 9.87. The Morgan fingerprint density at radius 2 is 1.88 bits per heavy atom. The number of carbonyl (C=O) groups is 1. The van der Waals surface area contributed by atoms with E-state index in [0.29, 0.717) is 10.7 Å². The summed E-state index contributed by atoms with van der Waals surface area (Å²) in [6, 6.07) is 5.53. The summed E-state index contributed by atoms with van der Waals surface area (Å²) in [6.45, 7) is 7.69. The van der Waals surface area contributed by atoms with Crippen LogP contribution >= 0.6 is 23.4 Å². The van der Waals surface area contributed by atoms with E-state index in [9.17, 15) is 4.79 Å². The van der Waals surface area contributed by atoms with E-state index >= 15 is 0 Å². The molecule has 88 valence electrons. The third-order valence-electron chi connectivity index (χ3n) is 2.30. The molecule has 1 amide bonds. The maximum Gasteiger partial charge on any atom is 0.238 e. The van der Waals surface area contributed by atoms with E-state index in [1.807, 2.05) is 12.1 Å². The molecule has 0 bridgehead atoms. The van der Waals surface area contributed by atoms with E-state index in [4.69, 9.17) is 23.4 Å². The van der Waals surface area contributed by atoms with Crippen molar-refractivity contribution in [3.05, 3.63) is 28.8 Å². The highest BCUT2D eigenvalue weighted by molar-refractivity contribution is 6.41. The van der Waals surface area contributed by atoms with Gasteiger partial charge in [0.2, 0.25) is 5.91 Å². The molecule has 0 unspecified atom stereocenters. The second-order valence-electron chi connectivity index (χ2n) is 4.72. The number of benzene rings is 1. The fraction of sp³-hybridized carbons (Fsp3) is 0.417. The molecule has 0 radical (unpaired) electrons. The Labute approximate surface area is 106 Å². The van der Waals surface area contributed by atoms with Crippen molar-refractivity contribution in [2.24, 2.45) is 0 Å². The molecule has 0 aromatic heterocycles. The summed E-state index contributed by atoms with van der Waals surface area (Å²) in [5.41, 5.74) is 1.65. The van der Waals surface area contributed by atoms with Gasteiger partial charge in [0, 0.05) is 18.7 Å². The topological polar surface area (TPSA) is 20.3 Å². The normalized spacial score (nSPS) is 11.4. The van der Waals surface area contributed by atoms with Crippen molar-refractivity contribution in [3.63, 3.8) is 0 Å². The number of rotatable bonds is 1. The van der Waals surface area contributed by atoms with E-state index in [0.717, 1.165) is 9.98 Å². The van der Waals surface area contributed by atoms with Gasteiger partial charge in [0.15, 0.2) is 0 Å². The summed E-state index contributed by atoms with van der Waals surface area (Å²) in [5, 5.41) is 0.484. The first-order valence-corrected chi connectivity index (χ1v) is 5.71. The standard InChI is InChI=1S/C12H15Cl2NO/c1-8(16)15(14)11-6-5-9(7-10(11)13)12(2,3)4/h5-7H,1-4H3. The van der Waals surface area contributed by atoms with Gasteiger partial charge in [-0.25, -0.2) is 4.42 Å². The third-order valence-corrected chi connectivity index (χ3v) is 3.02. The van der Waals surface area contributed by atoms with Crippen LogP contribution in [-0.2, 0) is 10.2 Å². The van der Waals surface area contributed by atoms with Gasteiger partial charge in [-0.1, -0.05) is 38.4 Å². The molecule has 0 aliphatic heterocycles.